The normalized spacial score (nSPS) is 12.2. The quantitative estimate of drug-likeness (QED) is 0.278. The fourth-order valence-electron chi connectivity index (χ4n) is 3.11. The first-order valence-corrected chi connectivity index (χ1v) is 10.4. The van der Waals surface area contributed by atoms with Gasteiger partial charge in [0.25, 0.3) is 11.8 Å². The number of amides is 4. The number of carbonyl (C=O) groups excluding carboxylic acids is 2. The number of rotatable bonds is 8. The number of nitrogens with zero attached hydrogens (tertiary/aromatic N) is 3. The van der Waals surface area contributed by atoms with E-state index in [4.69, 9.17) is 10.2 Å². The zero-order chi connectivity index (χ0) is 25.5. The minimum atomic E-state index is -1.42. The Morgan fingerprint density at radius 2 is 1.23 bits per heavy atom. The Kier molecular flexibility index (Phi) is 7.61. The van der Waals surface area contributed by atoms with Gasteiger partial charge in [-0.05, 0) is 62.4 Å². The summed E-state index contributed by atoms with van der Waals surface area (Å²) in [6, 6.07) is 12.6. The maximum atomic E-state index is 11.7. The summed E-state index contributed by atoms with van der Waals surface area (Å²) in [5.74, 6) is -0.781. The van der Waals surface area contributed by atoms with Crippen molar-refractivity contribution in [3.63, 3.8) is 0 Å². The van der Waals surface area contributed by atoms with Crippen LogP contribution >= 0.6 is 0 Å². The molecule has 0 saturated carbocycles. The summed E-state index contributed by atoms with van der Waals surface area (Å²) >= 11 is 0. The van der Waals surface area contributed by atoms with Crippen LogP contribution in [-0.4, -0.2) is 61.1 Å². The van der Waals surface area contributed by atoms with Crippen LogP contribution in [0.5, 0.6) is 0 Å². The van der Waals surface area contributed by atoms with E-state index < -0.39 is 36.1 Å². The lowest BCUT2D eigenvalue weighted by Crippen LogP contribution is -2.40. The van der Waals surface area contributed by atoms with Crippen LogP contribution in [0.2, 0.25) is 0 Å². The van der Waals surface area contributed by atoms with Crippen molar-refractivity contribution in [1.82, 2.24) is 25.4 Å². The molecule has 0 saturated heterocycles. The Labute approximate surface area is 199 Å². The van der Waals surface area contributed by atoms with Gasteiger partial charge in [-0.1, -0.05) is 0 Å². The topological polar surface area (TPSA) is 188 Å². The molecule has 13 nitrogen and oxygen atoms in total. The lowest BCUT2D eigenvalue weighted by atomic mass is 10.1. The molecule has 0 spiro atoms. The first kappa shape index (κ1) is 24.7. The number of benzene rings is 2. The van der Waals surface area contributed by atoms with Crippen LogP contribution in [-0.2, 0) is 9.59 Å². The van der Waals surface area contributed by atoms with Gasteiger partial charge in [-0.3, -0.25) is 24.8 Å². The molecule has 2 aromatic carbocycles. The van der Waals surface area contributed by atoms with Crippen molar-refractivity contribution in [2.24, 2.45) is 0 Å². The molecule has 1 aromatic heterocycles. The van der Waals surface area contributed by atoms with Gasteiger partial charge in [0.1, 0.15) is 18.4 Å². The molecule has 182 valence electrons. The molecule has 3 rings (SSSR count). The molecule has 0 bridgehead atoms. The smallest absolute Gasteiger partial charge is 0.411 e. The summed E-state index contributed by atoms with van der Waals surface area (Å²) in [5.41, 5.74) is 2.73. The maximum Gasteiger partial charge on any atom is 0.411 e. The molecule has 0 aliphatic rings. The number of aromatic nitrogens is 3. The second-order valence-electron chi connectivity index (χ2n) is 7.47. The molecule has 2 atom stereocenters. The van der Waals surface area contributed by atoms with E-state index in [0.29, 0.717) is 17.2 Å². The number of hydrogen-bond acceptors (Lipinski definition) is 8. The third-order valence-electron chi connectivity index (χ3n) is 4.85. The Morgan fingerprint density at radius 3 is 1.69 bits per heavy atom. The number of hydrogen-bond donors (Lipinski definition) is 6. The first-order chi connectivity index (χ1) is 16.6. The van der Waals surface area contributed by atoms with Gasteiger partial charge >= 0.3 is 12.2 Å². The molecule has 13 heteroatoms. The predicted molar refractivity (Wildman–Crippen MR) is 125 cm³/mol. The molecule has 0 aliphatic carbocycles. The van der Waals surface area contributed by atoms with Gasteiger partial charge in [0, 0.05) is 22.6 Å². The Balaban J connectivity index is 1.69. The van der Waals surface area contributed by atoms with Crippen LogP contribution in [0.25, 0.3) is 17.1 Å². The van der Waals surface area contributed by atoms with Crippen LogP contribution in [0, 0.1) is 0 Å². The van der Waals surface area contributed by atoms with Crippen molar-refractivity contribution in [2.45, 2.75) is 25.9 Å². The molecule has 0 unspecified atom stereocenters. The van der Waals surface area contributed by atoms with Gasteiger partial charge in [-0.15, -0.1) is 10.2 Å². The molecule has 3 aromatic rings. The predicted octanol–water partition coefficient (Wildman–Crippen LogP) is 2.12. The molecule has 6 N–H and O–H groups in total. The van der Waals surface area contributed by atoms with E-state index in [0.717, 1.165) is 11.3 Å². The minimum absolute atomic E-state index is 0.558. The van der Waals surface area contributed by atoms with Crippen LogP contribution in [0.15, 0.2) is 54.9 Å². The van der Waals surface area contributed by atoms with E-state index in [1.165, 1.54) is 0 Å². The van der Waals surface area contributed by atoms with Gasteiger partial charge in [-0.2, -0.15) is 0 Å². The summed E-state index contributed by atoms with van der Waals surface area (Å²) in [6.07, 6.45) is -1.29. The zero-order valence-electron chi connectivity index (χ0n) is 18.7. The molecule has 4 amide bonds. The summed E-state index contributed by atoms with van der Waals surface area (Å²) in [6.45, 7) is 3.09. The largest absolute Gasteiger partial charge is 0.465 e. The third kappa shape index (κ3) is 6.54. The number of nitrogens with one attached hydrogen (secondary N) is 4. The average Bonchev–Trinajstić information content (AvgIpc) is 3.29. The molecular weight excluding hydrogens is 458 g/mol. The zero-order valence-corrected chi connectivity index (χ0v) is 18.7. The Morgan fingerprint density at radius 1 is 0.771 bits per heavy atom. The minimum Gasteiger partial charge on any atom is -0.465 e. The van der Waals surface area contributed by atoms with E-state index in [-0.39, 0.29) is 0 Å². The molecule has 1 heterocycles. The van der Waals surface area contributed by atoms with Crippen molar-refractivity contribution in [2.75, 3.05) is 10.6 Å². The number of carboxylic acid groups (broad SMARTS) is 2. The van der Waals surface area contributed by atoms with Gasteiger partial charge in [0.2, 0.25) is 0 Å². The third-order valence-corrected chi connectivity index (χ3v) is 4.85. The summed E-state index contributed by atoms with van der Waals surface area (Å²) in [7, 11) is 0. The van der Waals surface area contributed by atoms with Crippen molar-refractivity contribution in [3.8, 4) is 17.1 Å². The summed E-state index contributed by atoms with van der Waals surface area (Å²) in [4.78, 5) is 44.7. The highest BCUT2D eigenvalue weighted by molar-refractivity contribution is 5.96. The van der Waals surface area contributed by atoms with Crippen LogP contribution in [0.3, 0.4) is 0 Å². The van der Waals surface area contributed by atoms with E-state index in [1.54, 1.807) is 83.9 Å². The number of carbonyl (C=O) groups is 4. The van der Waals surface area contributed by atoms with Gasteiger partial charge in [0.05, 0.1) is 0 Å². The van der Waals surface area contributed by atoms with Crippen molar-refractivity contribution in [3.05, 3.63) is 54.9 Å². The highest BCUT2D eigenvalue weighted by atomic mass is 16.4. The van der Waals surface area contributed by atoms with Crippen molar-refractivity contribution < 1.29 is 29.4 Å². The molecule has 0 fully saturated rings. The van der Waals surface area contributed by atoms with Gasteiger partial charge < -0.3 is 20.8 Å². The number of imide groups is 2. The molecule has 35 heavy (non-hydrogen) atoms. The molecule has 0 aliphatic heterocycles. The number of anilines is 2. The van der Waals surface area contributed by atoms with E-state index >= 15 is 0 Å². The first-order valence-electron chi connectivity index (χ1n) is 10.4. The van der Waals surface area contributed by atoms with E-state index in [1.807, 2.05) is 0 Å². The second kappa shape index (κ2) is 10.8. The van der Waals surface area contributed by atoms with E-state index in [2.05, 4.69) is 20.8 Å². The molecular formula is C22H23N7O6. The standard InChI is InChI=1S/C22H23N7O6/c1-12(19(30)26-21(32)33)24-15-5-3-14(4-6-15)18-28-23-11-29(18)17-9-7-16(8-10-17)25-13(2)20(31)27-22(34)35/h3-13,24-25H,1-2H3,(H,26,30)(H,27,31)(H,32,33)(H,34,35)/t12-,13-/m0/s1. The highest BCUT2D eigenvalue weighted by Crippen LogP contribution is 2.23. The maximum absolute atomic E-state index is 11.7. The average molecular weight is 481 g/mol. The fourth-order valence-corrected chi connectivity index (χ4v) is 3.11. The second-order valence-corrected chi connectivity index (χ2v) is 7.47. The lowest BCUT2D eigenvalue weighted by molar-refractivity contribution is -0.121. The van der Waals surface area contributed by atoms with Gasteiger partial charge in [-0.25, -0.2) is 9.59 Å². The van der Waals surface area contributed by atoms with Crippen molar-refractivity contribution in [1.29, 1.82) is 0 Å². The van der Waals surface area contributed by atoms with Crippen molar-refractivity contribution >= 4 is 35.4 Å². The lowest BCUT2D eigenvalue weighted by Gasteiger charge is -2.15. The van der Waals surface area contributed by atoms with Crippen LogP contribution in [0.4, 0.5) is 21.0 Å². The Hall–Kier alpha value is -4.94. The van der Waals surface area contributed by atoms with Crippen LogP contribution in [0.1, 0.15) is 13.8 Å². The van der Waals surface area contributed by atoms with E-state index in [9.17, 15) is 19.2 Å². The van der Waals surface area contributed by atoms with Crippen LogP contribution < -0.4 is 21.3 Å². The summed E-state index contributed by atoms with van der Waals surface area (Å²) < 4.78 is 1.76. The Bertz CT molecular complexity index is 1130. The monoisotopic (exact) mass is 481 g/mol. The molecule has 0 radical (unpaired) electrons. The highest BCUT2D eigenvalue weighted by Gasteiger charge is 2.16. The summed E-state index contributed by atoms with van der Waals surface area (Å²) in [5, 5.41) is 34.9. The fraction of sp³-hybridized carbons (Fsp3) is 0.182. The SMILES string of the molecule is C[C@H](Nc1ccc(-c2nncn2-c2ccc(N[C@@H](C)C(=O)NC(=O)O)cc2)cc1)C(=O)NC(=O)O. The van der Waals surface area contributed by atoms with Gasteiger partial charge in [0.15, 0.2) is 5.82 Å².